The van der Waals surface area contributed by atoms with Gasteiger partial charge < -0.3 is 14.2 Å². The molecular formula is C43H82O6. The van der Waals surface area contributed by atoms with Gasteiger partial charge in [0.15, 0.2) is 6.10 Å². The molecule has 0 fully saturated rings. The van der Waals surface area contributed by atoms with Crippen molar-refractivity contribution in [3.8, 4) is 0 Å². The highest BCUT2D eigenvalue weighted by molar-refractivity contribution is 5.71. The molecule has 0 bridgehead atoms. The van der Waals surface area contributed by atoms with Crippen LogP contribution in [0.15, 0.2) is 0 Å². The van der Waals surface area contributed by atoms with Crippen molar-refractivity contribution in [1.29, 1.82) is 0 Å². The molecule has 0 N–H and O–H groups in total. The number of hydrogen-bond donors (Lipinski definition) is 0. The van der Waals surface area contributed by atoms with Crippen molar-refractivity contribution in [2.75, 3.05) is 13.2 Å². The lowest BCUT2D eigenvalue weighted by Crippen LogP contribution is -2.30. The van der Waals surface area contributed by atoms with Crippen LogP contribution in [0, 0.1) is 0 Å². The molecule has 0 saturated carbocycles. The normalized spacial score (nSPS) is 11.8. The van der Waals surface area contributed by atoms with Gasteiger partial charge in [-0.15, -0.1) is 0 Å². The van der Waals surface area contributed by atoms with Gasteiger partial charge in [0, 0.05) is 19.3 Å². The third-order valence-electron chi connectivity index (χ3n) is 9.61. The van der Waals surface area contributed by atoms with Gasteiger partial charge in [0.2, 0.25) is 0 Å². The van der Waals surface area contributed by atoms with Crippen LogP contribution in [0.2, 0.25) is 0 Å². The summed E-state index contributed by atoms with van der Waals surface area (Å²) in [4.78, 5) is 37.3. The standard InChI is InChI=1S/C43H82O6/c1-4-7-10-13-15-17-19-20-21-22-23-24-26-27-30-33-36-42(45)48-39-40(38-47-41(44)35-32-29-12-9-6-3)49-43(46)37-34-31-28-25-18-16-14-11-8-5-2/h40H,4-39H2,1-3H3. The monoisotopic (exact) mass is 695 g/mol. The molecule has 0 spiro atoms. The van der Waals surface area contributed by atoms with E-state index in [1.54, 1.807) is 0 Å². The number of hydrogen-bond acceptors (Lipinski definition) is 6. The predicted octanol–water partition coefficient (Wildman–Crippen LogP) is 13.3. The van der Waals surface area contributed by atoms with Crippen molar-refractivity contribution >= 4 is 17.9 Å². The number of ether oxygens (including phenoxy) is 3. The van der Waals surface area contributed by atoms with E-state index in [-0.39, 0.29) is 31.1 Å². The molecule has 6 nitrogen and oxygen atoms in total. The fraction of sp³-hybridized carbons (Fsp3) is 0.930. The first-order chi connectivity index (χ1) is 24.0. The van der Waals surface area contributed by atoms with Gasteiger partial charge in [0.1, 0.15) is 13.2 Å². The molecule has 49 heavy (non-hydrogen) atoms. The van der Waals surface area contributed by atoms with Crippen LogP contribution in [0.25, 0.3) is 0 Å². The fourth-order valence-electron chi connectivity index (χ4n) is 6.32. The Morgan fingerprint density at radius 1 is 0.327 bits per heavy atom. The summed E-state index contributed by atoms with van der Waals surface area (Å²) in [6.07, 6.45) is 38.3. The molecule has 0 saturated heterocycles. The Morgan fingerprint density at radius 3 is 0.816 bits per heavy atom. The van der Waals surface area contributed by atoms with Crippen molar-refractivity contribution in [2.24, 2.45) is 0 Å². The quantitative estimate of drug-likeness (QED) is 0.0362. The van der Waals surface area contributed by atoms with E-state index in [0.29, 0.717) is 19.3 Å². The average molecular weight is 695 g/mol. The summed E-state index contributed by atoms with van der Waals surface area (Å²) in [6.45, 7) is 6.55. The van der Waals surface area contributed by atoms with Crippen LogP contribution in [0.5, 0.6) is 0 Å². The van der Waals surface area contributed by atoms with Gasteiger partial charge in [0.05, 0.1) is 0 Å². The van der Waals surface area contributed by atoms with Gasteiger partial charge >= 0.3 is 17.9 Å². The van der Waals surface area contributed by atoms with Crippen molar-refractivity contribution in [3.05, 3.63) is 0 Å². The molecule has 0 radical (unpaired) electrons. The van der Waals surface area contributed by atoms with Crippen LogP contribution in [-0.4, -0.2) is 37.2 Å². The predicted molar refractivity (Wildman–Crippen MR) is 206 cm³/mol. The minimum atomic E-state index is -0.755. The van der Waals surface area contributed by atoms with E-state index in [0.717, 1.165) is 64.2 Å². The first kappa shape index (κ1) is 47.4. The highest BCUT2D eigenvalue weighted by atomic mass is 16.6. The number of rotatable bonds is 39. The maximum Gasteiger partial charge on any atom is 0.306 e. The van der Waals surface area contributed by atoms with E-state index < -0.39 is 6.10 Å². The van der Waals surface area contributed by atoms with Crippen LogP contribution in [-0.2, 0) is 28.6 Å². The Morgan fingerprint density at radius 2 is 0.551 bits per heavy atom. The molecule has 0 aromatic heterocycles. The Labute approximate surface area is 304 Å². The molecule has 0 aliphatic carbocycles. The fourth-order valence-corrected chi connectivity index (χ4v) is 6.32. The second kappa shape index (κ2) is 39.2. The van der Waals surface area contributed by atoms with Gasteiger partial charge in [-0.25, -0.2) is 0 Å². The highest BCUT2D eigenvalue weighted by Crippen LogP contribution is 2.15. The lowest BCUT2D eigenvalue weighted by Gasteiger charge is -2.18. The molecule has 290 valence electrons. The smallest absolute Gasteiger partial charge is 0.306 e. The van der Waals surface area contributed by atoms with Gasteiger partial charge in [-0.2, -0.15) is 0 Å². The molecule has 6 heteroatoms. The van der Waals surface area contributed by atoms with Crippen LogP contribution in [0.1, 0.15) is 239 Å². The Balaban J connectivity index is 4.15. The lowest BCUT2D eigenvalue weighted by molar-refractivity contribution is -0.167. The summed E-state index contributed by atoms with van der Waals surface area (Å²) in [7, 11) is 0. The second-order valence-corrected chi connectivity index (χ2v) is 14.6. The molecule has 0 amide bonds. The van der Waals surface area contributed by atoms with Crippen molar-refractivity contribution in [1.82, 2.24) is 0 Å². The third-order valence-corrected chi connectivity index (χ3v) is 9.61. The Hall–Kier alpha value is -1.59. The minimum absolute atomic E-state index is 0.0642. The topological polar surface area (TPSA) is 78.9 Å². The summed E-state index contributed by atoms with van der Waals surface area (Å²) in [5.41, 5.74) is 0. The summed E-state index contributed by atoms with van der Waals surface area (Å²) in [6, 6.07) is 0. The van der Waals surface area contributed by atoms with Crippen LogP contribution in [0.3, 0.4) is 0 Å². The minimum Gasteiger partial charge on any atom is -0.462 e. The zero-order valence-electron chi connectivity index (χ0n) is 33.0. The van der Waals surface area contributed by atoms with E-state index >= 15 is 0 Å². The van der Waals surface area contributed by atoms with Crippen LogP contribution >= 0.6 is 0 Å². The molecule has 0 aromatic carbocycles. The molecule has 0 rings (SSSR count). The van der Waals surface area contributed by atoms with E-state index in [1.165, 1.54) is 135 Å². The summed E-state index contributed by atoms with van der Waals surface area (Å²) < 4.78 is 16.6. The van der Waals surface area contributed by atoms with E-state index in [9.17, 15) is 14.4 Å². The lowest BCUT2D eigenvalue weighted by atomic mass is 10.0. The summed E-state index contributed by atoms with van der Waals surface area (Å²) >= 11 is 0. The maximum absolute atomic E-state index is 12.6. The zero-order valence-corrected chi connectivity index (χ0v) is 33.0. The van der Waals surface area contributed by atoms with E-state index in [4.69, 9.17) is 14.2 Å². The summed E-state index contributed by atoms with van der Waals surface area (Å²) in [5.74, 6) is -0.871. The summed E-state index contributed by atoms with van der Waals surface area (Å²) in [5, 5.41) is 0. The number of esters is 3. The van der Waals surface area contributed by atoms with E-state index in [2.05, 4.69) is 20.8 Å². The van der Waals surface area contributed by atoms with Crippen molar-refractivity contribution < 1.29 is 28.6 Å². The average Bonchev–Trinajstić information content (AvgIpc) is 3.09. The highest BCUT2D eigenvalue weighted by Gasteiger charge is 2.19. The Kier molecular flexibility index (Phi) is 37.9. The molecule has 0 aliphatic heterocycles. The molecular weight excluding hydrogens is 612 g/mol. The molecule has 1 atom stereocenters. The third kappa shape index (κ3) is 37.5. The maximum atomic E-state index is 12.6. The SMILES string of the molecule is CCCCCCCCCCCCCCCCCCC(=O)OCC(COC(=O)CCCCCCC)OC(=O)CCCCCCCCCCCC. The van der Waals surface area contributed by atoms with Gasteiger partial charge in [-0.05, 0) is 19.3 Å². The van der Waals surface area contributed by atoms with E-state index in [1.807, 2.05) is 0 Å². The Bertz CT molecular complexity index is 723. The van der Waals surface area contributed by atoms with Gasteiger partial charge in [-0.3, -0.25) is 14.4 Å². The van der Waals surface area contributed by atoms with Gasteiger partial charge in [-0.1, -0.05) is 201 Å². The number of carbonyl (C=O) groups excluding carboxylic acids is 3. The molecule has 1 unspecified atom stereocenters. The molecule has 0 aromatic rings. The van der Waals surface area contributed by atoms with Crippen molar-refractivity contribution in [3.63, 3.8) is 0 Å². The molecule has 0 aliphatic rings. The van der Waals surface area contributed by atoms with Crippen LogP contribution < -0.4 is 0 Å². The number of unbranched alkanes of at least 4 members (excludes halogenated alkanes) is 28. The first-order valence-electron chi connectivity index (χ1n) is 21.5. The largest absolute Gasteiger partial charge is 0.462 e. The number of carbonyl (C=O) groups is 3. The first-order valence-corrected chi connectivity index (χ1v) is 21.5. The van der Waals surface area contributed by atoms with Gasteiger partial charge in [0.25, 0.3) is 0 Å². The van der Waals surface area contributed by atoms with Crippen LogP contribution in [0.4, 0.5) is 0 Å². The second-order valence-electron chi connectivity index (χ2n) is 14.6. The molecule has 0 heterocycles. The zero-order chi connectivity index (χ0) is 35.9. The van der Waals surface area contributed by atoms with Crippen molar-refractivity contribution in [2.45, 2.75) is 245 Å².